The highest BCUT2D eigenvalue weighted by Gasteiger charge is 2.07. The van der Waals surface area contributed by atoms with E-state index in [1.807, 2.05) is 25.1 Å². The Labute approximate surface area is 126 Å². The van der Waals surface area contributed by atoms with Gasteiger partial charge in [0.2, 0.25) is 0 Å². The van der Waals surface area contributed by atoms with Crippen LogP contribution in [0.1, 0.15) is 16.7 Å². The van der Waals surface area contributed by atoms with Crippen LogP contribution in [-0.2, 0) is 11.9 Å². The molecule has 0 aliphatic rings. The van der Waals surface area contributed by atoms with Crippen molar-refractivity contribution in [1.29, 1.82) is 0 Å². The molecule has 0 aromatic heterocycles. The van der Waals surface area contributed by atoms with Gasteiger partial charge < -0.3 is 9.47 Å². The Hall–Kier alpha value is -1.55. The predicted molar refractivity (Wildman–Crippen MR) is 81.1 cm³/mol. The lowest BCUT2D eigenvalue weighted by Gasteiger charge is -2.13. The SMILES string of the molecule is COc1cc(CBr)ccc1OCc1ccc(F)cc1C. The molecule has 2 rings (SSSR count). The first-order valence-corrected chi connectivity index (χ1v) is 7.37. The van der Waals surface area contributed by atoms with Crippen LogP contribution in [0.2, 0.25) is 0 Å². The lowest BCUT2D eigenvalue weighted by Crippen LogP contribution is -2.00. The van der Waals surface area contributed by atoms with Crippen molar-refractivity contribution < 1.29 is 13.9 Å². The van der Waals surface area contributed by atoms with Crippen molar-refractivity contribution in [3.05, 3.63) is 58.9 Å². The fraction of sp³-hybridized carbons (Fsp3) is 0.250. The fourth-order valence-electron chi connectivity index (χ4n) is 1.89. The Morgan fingerprint density at radius 1 is 1.10 bits per heavy atom. The van der Waals surface area contributed by atoms with Gasteiger partial charge in [0, 0.05) is 5.33 Å². The van der Waals surface area contributed by atoms with Crippen LogP contribution in [0, 0.1) is 12.7 Å². The van der Waals surface area contributed by atoms with E-state index in [0.717, 1.165) is 22.0 Å². The molecule has 2 aromatic rings. The van der Waals surface area contributed by atoms with Gasteiger partial charge in [-0.15, -0.1) is 0 Å². The molecular formula is C16H16BrFO2. The van der Waals surface area contributed by atoms with E-state index in [1.54, 1.807) is 13.2 Å². The molecule has 0 radical (unpaired) electrons. The van der Waals surface area contributed by atoms with E-state index in [4.69, 9.17) is 9.47 Å². The summed E-state index contributed by atoms with van der Waals surface area (Å²) < 4.78 is 24.1. The summed E-state index contributed by atoms with van der Waals surface area (Å²) in [5.74, 6) is 1.15. The van der Waals surface area contributed by atoms with Gasteiger partial charge in [0.1, 0.15) is 12.4 Å². The summed E-state index contributed by atoms with van der Waals surface area (Å²) in [4.78, 5) is 0. The molecule has 0 N–H and O–H groups in total. The zero-order chi connectivity index (χ0) is 14.5. The molecule has 0 aliphatic heterocycles. The van der Waals surface area contributed by atoms with Crippen LogP contribution < -0.4 is 9.47 Å². The molecule has 4 heteroatoms. The molecule has 0 bridgehead atoms. The monoisotopic (exact) mass is 338 g/mol. The first-order valence-electron chi connectivity index (χ1n) is 6.24. The van der Waals surface area contributed by atoms with Gasteiger partial charge in [0.25, 0.3) is 0 Å². The number of rotatable bonds is 5. The smallest absolute Gasteiger partial charge is 0.161 e. The van der Waals surface area contributed by atoms with E-state index in [2.05, 4.69) is 15.9 Å². The third kappa shape index (κ3) is 3.51. The fourth-order valence-corrected chi connectivity index (χ4v) is 2.24. The Bertz CT molecular complexity index is 599. The molecule has 2 nitrogen and oxygen atoms in total. The summed E-state index contributed by atoms with van der Waals surface area (Å²) in [6.07, 6.45) is 0. The highest BCUT2D eigenvalue weighted by Crippen LogP contribution is 2.29. The minimum Gasteiger partial charge on any atom is -0.493 e. The second-order valence-electron chi connectivity index (χ2n) is 4.48. The predicted octanol–water partition coefficient (Wildman–Crippen LogP) is 4.62. The average molecular weight is 339 g/mol. The summed E-state index contributed by atoms with van der Waals surface area (Å²) in [7, 11) is 1.61. The maximum absolute atomic E-state index is 13.0. The zero-order valence-corrected chi connectivity index (χ0v) is 13.0. The first-order chi connectivity index (χ1) is 9.63. The van der Waals surface area contributed by atoms with Gasteiger partial charge in [-0.05, 0) is 47.9 Å². The van der Waals surface area contributed by atoms with Gasteiger partial charge in [-0.25, -0.2) is 4.39 Å². The molecule has 0 heterocycles. The van der Waals surface area contributed by atoms with Crippen molar-refractivity contribution in [2.24, 2.45) is 0 Å². The number of methoxy groups -OCH3 is 1. The largest absolute Gasteiger partial charge is 0.493 e. The minimum absolute atomic E-state index is 0.231. The van der Waals surface area contributed by atoms with Crippen LogP contribution in [0.3, 0.4) is 0 Å². The van der Waals surface area contributed by atoms with Crippen LogP contribution >= 0.6 is 15.9 Å². The first kappa shape index (κ1) is 14.9. The van der Waals surface area contributed by atoms with E-state index in [1.165, 1.54) is 12.1 Å². The molecule has 106 valence electrons. The maximum Gasteiger partial charge on any atom is 0.161 e. The number of hydrogen-bond acceptors (Lipinski definition) is 2. The number of aryl methyl sites for hydroxylation is 1. The highest BCUT2D eigenvalue weighted by molar-refractivity contribution is 9.08. The molecule has 0 atom stereocenters. The van der Waals surface area contributed by atoms with E-state index >= 15 is 0 Å². The van der Waals surface area contributed by atoms with E-state index in [9.17, 15) is 4.39 Å². The molecule has 0 aliphatic carbocycles. The molecule has 0 amide bonds. The Morgan fingerprint density at radius 3 is 2.55 bits per heavy atom. The summed E-state index contributed by atoms with van der Waals surface area (Å²) in [6, 6.07) is 10.5. The molecule has 0 spiro atoms. The van der Waals surface area contributed by atoms with Crippen molar-refractivity contribution in [2.45, 2.75) is 18.9 Å². The average Bonchev–Trinajstić information content (AvgIpc) is 2.46. The van der Waals surface area contributed by atoms with E-state index in [-0.39, 0.29) is 5.82 Å². The van der Waals surface area contributed by atoms with Crippen molar-refractivity contribution in [2.75, 3.05) is 7.11 Å². The minimum atomic E-state index is -0.231. The summed E-state index contributed by atoms with van der Waals surface area (Å²) >= 11 is 3.41. The molecule has 0 fully saturated rings. The summed E-state index contributed by atoms with van der Waals surface area (Å²) in [5.41, 5.74) is 2.95. The summed E-state index contributed by atoms with van der Waals surface area (Å²) in [5, 5.41) is 0.765. The van der Waals surface area contributed by atoms with Crippen LogP contribution in [0.15, 0.2) is 36.4 Å². The van der Waals surface area contributed by atoms with E-state index in [0.29, 0.717) is 18.1 Å². The van der Waals surface area contributed by atoms with Crippen LogP contribution in [0.4, 0.5) is 4.39 Å². The number of alkyl halides is 1. The highest BCUT2D eigenvalue weighted by atomic mass is 79.9. The molecular weight excluding hydrogens is 323 g/mol. The Kier molecular flexibility index (Phi) is 5.01. The number of benzene rings is 2. The lowest BCUT2D eigenvalue weighted by molar-refractivity contribution is 0.283. The quantitative estimate of drug-likeness (QED) is 0.741. The molecule has 2 aromatic carbocycles. The van der Waals surface area contributed by atoms with Gasteiger partial charge in [0.05, 0.1) is 7.11 Å². The Morgan fingerprint density at radius 2 is 1.90 bits per heavy atom. The van der Waals surface area contributed by atoms with Gasteiger partial charge in [0.15, 0.2) is 11.5 Å². The standard InChI is InChI=1S/C16H16BrFO2/c1-11-7-14(18)5-4-13(11)10-20-15-6-3-12(9-17)8-16(15)19-2/h3-8H,9-10H2,1-2H3. The lowest BCUT2D eigenvalue weighted by atomic mass is 10.1. The van der Waals surface area contributed by atoms with Crippen LogP contribution in [0.5, 0.6) is 11.5 Å². The third-order valence-corrected chi connectivity index (χ3v) is 3.72. The molecule has 0 unspecified atom stereocenters. The molecule has 20 heavy (non-hydrogen) atoms. The summed E-state index contributed by atoms with van der Waals surface area (Å²) in [6.45, 7) is 2.25. The topological polar surface area (TPSA) is 18.5 Å². The van der Waals surface area contributed by atoms with Crippen molar-refractivity contribution in [3.8, 4) is 11.5 Å². The van der Waals surface area contributed by atoms with E-state index < -0.39 is 0 Å². The van der Waals surface area contributed by atoms with Crippen molar-refractivity contribution in [3.63, 3.8) is 0 Å². The Balaban J connectivity index is 2.14. The van der Waals surface area contributed by atoms with Crippen LogP contribution in [0.25, 0.3) is 0 Å². The molecule has 0 saturated heterocycles. The second-order valence-corrected chi connectivity index (χ2v) is 5.04. The number of ether oxygens (including phenoxy) is 2. The van der Waals surface area contributed by atoms with Gasteiger partial charge in [-0.2, -0.15) is 0 Å². The number of hydrogen-bond donors (Lipinski definition) is 0. The number of halogens is 2. The van der Waals surface area contributed by atoms with Crippen molar-refractivity contribution in [1.82, 2.24) is 0 Å². The molecule has 0 saturated carbocycles. The van der Waals surface area contributed by atoms with Crippen LogP contribution in [-0.4, -0.2) is 7.11 Å². The normalized spacial score (nSPS) is 10.4. The maximum atomic E-state index is 13.0. The zero-order valence-electron chi connectivity index (χ0n) is 11.5. The third-order valence-electron chi connectivity index (χ3n) is 3.07. The van der Waals surface area contributed by atoms with Gasteiger partial charge in [-0.1, -0.05) is 28.1 Å². The van der Waals surface area contributed by atoms with Gasteiger partial charge in [-0.3, -0.25) is 0 Å². The second kappa shape index (κ2) is 6.75. The van der Waals surface area contributed by atoms with Crippen molar-refractivity contribution >= 4 is 15.9 Å². The van der Waals surface area contributed by atoms with Gasteiger partial charge >= 0.3 is 0 Å².